The second kappa shape index (κ2) is 4.45. The van der Waals surface area contributed by atoms with Crippen molar-refractivity contribution in [1.29, 1.82) is 0 Å². The van der Waals surface area contributed by atoms with Crippen LogP contribution in [0.1, 0.15) is 17.5 Å². The van der Waals surface area contributed by atoms with E-state index in [4.69, 9.17) is 9.47 Å². The van der Waals surface area contributed by atoms with Crippen molar-refractivity contribution >= 4 is 6.08 Å². The molecule has 1 aromatic rings. The molecule has 0 saturated carbocycles. The van der Waals surface area contributed by atoms with E-state index in [1.165, 1.54) is 0 Å². The summed E-state index contributed by atoms with van der Waals surface area (Å²) in [5.41, 5.74) is 2.12. The Morgan fingerprint density at radius 3 is 2.41 bits per heavy atom. The van der Waals surface area contributed by atoms with E-state index in [-0.39, 0.29) is 10.6 Å². The second-order valence-corrected chi connectivity index (χ2v) is 3.80. The zero-order chi connectivity index (χ0) is 12.4. The first-order valence-corrected chi connectivity index (χ1v) is 5.25. The van der Waals surface area contributed by atoms with E-state index in [0.29, 0.717) is 24.3 Å². The smallest absolute Gasteiger partial charge is 0.247 e. The maximum atomic E-state index is 10.7. The average Bonchev–Trinajstić information content (AvgIpc) is 2.36. The van der Waals surface area contributed by atoms with Gasteiger partial charge < -0.3 is 9.47 Å². The summed E-state index contributed by atoms with van der Waals surface area (Å²) in [5.74, 6) is 1.25. The van der Waals surface area contributed by atoms with Crippen LogP contribution in [0.15, 0.2) is 17.8 Å². The maximum absolute atomic E-state index is 10.7. The summed E-state index contributed by atoms with van der Waals surface area (Å²) in [6, 6.07) is 3.65. The number of ether oxygens (including phenoxy) is 2. The van der Waals surface area contributed by atoms with Crippen LogP contribution in [0, 0.1) is 10.1 Å². The third kappa shape index (κ3) is 2.08. The zero-order valence-corrected chi connectivity index (χ0v) is 9.73. The van der Waals surface area contributed by atoms with E-state index in [1.807, 2.05) is 6.07 Å². The quantitative estimate of drug-likeness (QED) is 0.595. The molecule has 2 rings (SSSR count). The predicted molar refractivity (Wildman–Crippen MR) is 62.8 cm³/mol. The van der Waals surface area contributed by atoms with E-state index in [0.717, 1.165) is 11.1 Å². The van der Waals surface area contributed by atoms with E-state index < -0.39 is 0 Å². The molecule has 5 heteroatoms. The Morgan fingerprint density at radius 2 is 1.82 bits per heavy atom. The number of fused-ring (bicyclic) bond motifs is 1. The number of allylic oxidation sites excluding steroid dienone is 1. The summed E-state index contributed by atoms with van der Waals surface area (Å²) in [6.45, 7) is 0. The molecule has 0 saturated heterocycles. The number of methoxy groups -OCH3 is 2. The largest absolute Gasteiger partial charge is 0.493 e. The number of hydrogen-bond donors (Lipinski definition) is 0. The molecule has 0 fully saturated rings. The van der Waals surface area contributed by atoms with Crippen molar-refractivity contribution in [2.24, 2.45) is 0 Å². The molecule has 1 aliphatic rings. The van der Waals surface area contributed by atoms with Gasteiger partial charge in [0.05, 0.1) is 19.1 Å². The van der Waals surface area contributed by atoms with Gasteiger partial charge in [0.15, 0.2) is 11.5 Å². The normalized spacial score (nSPS) is 13.6. The topological polar surface area (TPSA) is 61.6 Å². The lowest BCUT2D eigenvalue weighted by Crippen LogP contribution is -2.07. The Labute approximate surface area is 98.8 Å². The first-order valence-electron chi connectivity index (χ1n) is 5.25. The van der Waals surface area contributed by atoms with Crippen molar-refractivity contribution in [3.05, 3.63) is 39.1 Å². The number of nitro groups is 1. The Bertz CT molecular complexity index is 494. The van der Waals surface area contributed by atoms with Crippen molar-refractivity contribution in [1.82, 2.24) is 0 Å². The van der Waals surface area contributed by atoms with Gasteiger partial charge in [0, 0.05) is 12.5 Å². The number of rotatable bonds is 3. The summed E-state index contributed by atoms with van der Waals surface area (Å²) in [4.78, 5) is 10.4. The molecular formula is C12H13NO4. The average molecular weight is 235 g/mol. The fourth-order valence-electron chi connectivity index (χ4n) is 1.95. The minimum Gasteiger partial charge on any atom is -0.493 e. The van der Waals surface area contributed by atoms with Gasteiger partial charge in [0.2, 0.25) is 5.70 Å². The monoisotopic (exact) mass is 235 g/mol. The highest BCUT2D eigenvalue weighted by molar-refractivity contribution is 5.63. The molecule has 0 aliphatic heterocycles. The maximum Gasteiger partial charge on any atom is 0.247 e. The van der Waals surface area contributed by atoms with Gasteiger partial charge in [-0.05, 0) is 29.7 Å². The standard InChI is InChI=1S/C12H13NO4/c1-16-11-6-8-3-4-10(13(14)15)5-9(8)7-12(11)17-2/h5-7H,3-4H2,1-2H3. The Balaban J connectivity index is 2.49. The predicted octanol–water partition coefficient (Wildman–Crippen LogP) is 2.27. The van der Waals surface area contributed by atoms with Crippen molar-refractivity contribution in [3.63, 3.8) is 0 Å². The van der Waals surface area contributed by atoms with Gasteiger partial charge in [-0.2, -0.15) is 0 Å². The molecule has 0 aromatic heterocycles. The van der Waals surface area contributed by atoms with Crippen molar-refractivity contribution in [2.75, 3.05) is 14.2 Å². The van der Waals surface area contributed by atoms with Crippen LogP contribution in [0.5, 0.6) is 11.5 Å². The summed E-state index contributed by atoms with van der Waals surface area (Å²) in [6.07, 6.45) is 2.71. The molecule has 17 heavy (non-hydrogen) atoms. The van der Waals surface area contributed by atoms with E-state index in [1.54, 1.807) is 26.4 Å². The third-order valence-corrected chi connectivity index (χ3v) is 2.85. The van der Waals surface area contributed by atoms with Gasteiger partial charge in [-0.1, -0.05) is 0 Å². The minimum absolute atomic E-state index is 0.240. The highest BCUT2D eigenvalue weighted by Gasteiger charge is 2.20. The minimum atomic E-state index is -0.334. The van der Waals surface area contributed by atoms with E-state index in [2.05, 4.69) is 0 Å². The van der Waals surface area contributed by atoms with Crippen molar-refractivity contribution in [2.45, 2.75) is 12.8 Å². The van der Waals surface area contributed by atoms with Crippen molar-refractivity contribution < 1.29 is 14.4 Å². The molecule has 0 bridgehead atoms. The molecule has 0 atom stereocenters. The van der Waals surface area contributed by atoms with Gasteiger partial charge in [0.25, 0.3) is 0 Å². The lowest BCUT2D eigenvalue weighted by atomic mass is 9.95. The van der Waals surface area contributed by atoms with Gasteiger partial charge in [0.1, 0.15) is 0 Å². The van der Waals surface area contributed by atoms with Gasteiger partial charge >= 0.3 is 0 Å². The number of nitrogens with zero attached hydrogens (tertiary/aromatic N) is 1. The number of aryl methyl sites for hydroxylation is 1. The molecule has 0 N–H and O–H groups in total. The zero-order valence-electron chi connectivity index (χ0n) is 9.73. The van der Waals surface area contributed by atoms with Crippen molar-refractivity contribution in [3.8, 4) is 11.5 Å². The fourth-order valence-corrected chi connectivity index (χ4v) is 1.95. The highest BCUT2D eigenvalue weighted by Crippen LogP contribution is 2.34. The molecular weight excluding hydrogens is 222 g/mol. The van der Waals surface area contributed by atoms with E-state index in [9.17, 15) is 10.1 Å². The van der Waals surface area contributed by atoms with Crippen LogP contribution in [0.2, 0.25) is 0 Å². The van der Waals surface area contributed by atoms with Gasteiger partial charge in [-0.3, -0.25) is 10.1 Å². The Morgan fingerprint density at radius 1 is 1.18 bits per heavy atom. The highest BCUT2D eigenvalue weighted by atomic mass is 16.6. The first kappa shape index (κ1) is 11.4. The van der Waals surface area contributed by atoms with Crippen LogP contribution in [0.3, 0.4) is 0 Å². The summed E-state index contributed by atoms with van der Waals surface area (Å²) in [7, 11) is 3.12. The molecule has 5 nitrogen and oxygen atoms in total. The third-order valence-electron chi connectivity index (χ3n) is 2.85. The molecule has 0 unspecified atom stereocenters. The van der Waals surface area contributed by atoms with Crippen LogP contribution in [-0.2, 0) is 6.42 Å². The second-order valence-electron chi connectivity index (χ2n) is 3.80. The SMILES string of the molecule is COc1cc2c(cc1OC)CCC([N+](=O)[O-])=C2. The summed E-state index contributed by atoms with van der Waals surface area (Å²) >= 11 is 0. The molecule has 0 spiro atoms. The van der Waals surface area contributed by atoms with Crippen LogP contribution < -0.4 is 9.47 Å². The van der Waals surface area contributed by atoms with Gasteiger partial charge in [-0.25, -0.2) is 0 Å². The van der Waals surface area contributed by atoms with Crippen LogP contribution in [0.4, 0.5) is 0 Å². The lowest BCUT2D eigenvalue weighted by Gasteiger charge is -2.15. The van der Waals surface area contributed by atoms with Crippen LogP contribution in [-0.4, -0.2) is 19.1 Å². The van der Waals surface area contributed by atoms with Crippen LogP contribution >= 0.6 is 0 Å². The number of benzene rings is 1. The number of hydrogen-bond acceptors (Lipinski definition) is 4. The van der Waals surface area contributed by atoms with Gasteiger partial charge in [-0.15, -0.1) is 0 Å². The Kier molecular flexibility index (Phi) is 2.99. The summed E-state index contributed by atoms with van der Waals surface area (Å²) < 4.78 is 10.4. The molecule has 1 aliphatic carbocycles. The molecule has 0 amide bonds. The molecule has 1 aromatic carbocycles. The first-order chi connectivity index (χ1) is 8.15. The molecule has 0 radical (unpaired) electrons. The summed E-state index contributed by atoms with van der Waals surface area (Å²) in [5, 5.41) is 10.7. The molecule has 0 heterocycles. The lowest BCUT2D eigenvalue weighted by molar-refractivity contribution is -0.426. The van der Waals surface area contributed by atoms with Crippen LogP contribution in [0.25, 0.3) is 6.08 Å². The Hall–Kier alpha value is -2.04. The van der Waals surface area contributed by atoms with E-state index >= 15 is 0 Å². The fraction of sp³-hybridized carbons (Fsp3) is 0.333. The molecule has 90 valence electrons.